The fraction of sp³-hybridized carbons (Fsp3) is 0.105. The minimum absolute atomic E-state index is 0.248. The summed E-state index contributed by atoms with van der Waals surface area (Å²) in [6, 6.07) is 18.5. The monoisotopic (exact) mass is 359 g/mol. The van der Waals surface area contributed by atoms with Crippen molar-refractivity contribution < 1.29 is 9.53 Å². The molecule has 1 atom stereocenters. The lowest BCUT2D eigenvalue weighted by Crippen LogP contribution is -2.30. The zero-order valence-electron chi connectivity index (χ0n) is 12.9. The first kappa shape index (κ1) is 16.6. The second kappa shape index (κ2) is 7.12. The number of hydrogen-bond acceptors (Lipinski definition) is 2. The van der Waals surface area contributed by atoms with E-state index in [1.165, 1.54) is 0 Å². The van der Waals surface area contributed by atoms with Gasteiger partial charge in [-0.1, -0.05) is 59.6 Å². The third-order valence-corrected chi connectivity index (χ3v) is 4.00. The molecule has 0 spiro atoms. The largest absolute Gasteiger partial charge is 0.481 e. The van der Waals surface area contributed by atoms with Crippen LogP contribution in [0.15, 0.2) is 60.7 Å². The molecule has 0 aromatic heterocycles. The molecule has 0 unspecified atom stereocenters. The number of carbonyl (C=O) groups excluding carboxylic acids is 1. The fourth-order valence-electron chi connectivity index (χ4n) is 2.42. The van der Waals surface area contributed by atoms with Crippen LogP contribution in [-0.2, 0) is 4.79 Å². The Hall–Kier alpha value is -2.23. The van der Waals surface area contributed by atoms with Crippen LogP contribution in [0.25, 0.3) is 10.8 Å². The topological polar surface area (TPSA) is 38.3 Å². The number of amides is 1. The summed E-state index contributed by atoms with van der Waals surface area (Å²) in [7, 11) is 0. The molecule has 0 saturated carbocycles. The molecule has 0 aliphatic carbocycles. The van der Waals surface area contributed by atoms with E-state index in [1.54, 1.807) is 25.1 Å². The summed E-state index contributed by atoms with van der Waals surface area (Å²) in [6.45, 7) is 1.68. The molecule has 3 rings (SSSR count). The Morgan fingerprint density at radius 2 is 1.67 bits per heavy atom. The Labute approximate surface area is 150 Å². The lowest BCUT2D eigenvalue weighted by molar-refractivity contribution is -0.122. The lowest BCUT2D eigenvalue weighted by Gasteiger charge is -2.16. The van der Waals surface area contributed by atoms with Gasteiger partial charge >= 0.3 is 0 Å². The fourth-order valence-corrected chi connectivity index (χ4v) is 2.93. The molecule has 0 aliphatic heterocycles. The summed E-state index contributed by atoms with van der Waals surface area (Å²) >= 11 is 11.9. The van der Waals surface area contributed by atoms with Crippen LogP contribution in [0, 0.1) is 0 Å². The molecule has 3 nitrogen and oxygen atoms in total. The molecule has 3 aromatic carbocycles. The van der Waals surface area contributed by atoms with Gasteiger partial charge in [0.05, 0.1) is 0 Å². The van der Waals surface area contributed by atoms with Gasteiger partial charge in [-0.05, 0) is 36.6 Å². The van der Waals surface area contributed by atoms with Crippen molar-refractivity contribution in [3.8, 4) is 5.75 Å². The van der Waals surface area contributed by atoms with E-state index in [9.17, 15) is 4.79 Å². The van der Waals surface area contributed by atoms with Crippen LogP contribution in [-0.4, -0.2) is 12.0 Å². The maximum absolute atomic E-state index is 12.4. The lowest BCUT2D eigenvalue weighted by atomic mass is 10.1. The Bertz CT molecular complexity index is 870. The maximum atomic E-state index is 12.4. The predicted molar refractivity (Wildman–Crippen MR) is 99.1 cm³/mol. The number of ether oxygens (including phenoxy) is 1. The summed E-state index contributed by atoms with van der Waals surface area (Å²) < 4.78 is 5.64. The number of anilines is 1. The minimum atomic E-state index is -0.696. The van der Waals surface area contributed by atoms with E-state index >= 15 is 0 Å². The van der Waals surface area contributed by atoms with E-state index in [-0.39, 0.29) is 5.91 Å². The number of carbonyl (C=O) groups is 1. The van der Waals surface area contributed by atoms with Crippen molar-refractivity contribution in [3.05, 3.63) is 70.7 Å². The van der Waals surface area contributed by atoms with Crippen LogP contribution in [0.2, 0.25) is 10.0 Å². The van der Waals surface area contributed by atoms with Gasteiger partial charge in [-0.3, -0.25) is 4.79 Å². The average Bonchev–Trinajstić information content (AvgIpc) is 2.54. The predicted octanol–water partition coefficient (Wildman–Crippen LogP) is 5.55. The van der Waals surface area contributed by atoms with Crippen LogP contribution in [0.5, 0.6) is 5.75 Å². The van der Waals surface area contributed by atoms with Crippen LogP contribution in [0.1, 0.15) is 6.92 Å². The van der Waals surface area contributed by atoms with Crippen molar-refractivity contribution in [2.75, 3.05) is 5.32 Å². The first-order chi connectivity index (χ1) is 11.5. The maximum Gasteiger partial charge on any atom is 0.265 e. The third kappa shape index (κ3) is 3.81. The highest BCUT2D eigenvalue weighted by Gasteiger charge is 2.16. The second-order valence-electron chi connectivity index (χ2n) is 5.38. The van der Waals surface area contributed by atoms with Crippen LogP contribution >= 0.6 is 23.2 Å². The van der Waals surface area contributed by atoms with E-state index in [0.717, 1.165) is 16.5 Å². The van der Waals surface area contributed by atoms with Crippen molar-refractivity contribution in [2.45, 2.75) is 13.0 Å². The van der Waals surface area contributed by atoms with Crippen molar-refractivity contribution >= 4 is 45.6 Å². The Morgan fingerprint density at radius 1 is 1.00 bits per heavy atom. The van der Waals surface area contributed by atoms with Gasteiger partial charge in [-0.15, -0.1) is 0 Å². The van der Waals surface area contributed by atoms with Gasteiger partial charge in [0.15, 0.2) is 6.10 Å². The van der Waals surface area contributed by atoms with Gasteiger partial charge in [-0.2, -0.15) is 0 Å². The summed E-state index contributed by atoms with van der Waals surface area (Å²) in [5, 5.41) is 5.86. The summed E-state index contributed by atoms with van der Waals surface area (Å²) in [5.41, 5.74) is 0.748. The van der Waals surface area contributed by atoms with Crippen molar-refractivity contribution in [2.24, 2.45) is 0 Å². The van der Waals surface area contributed by atoms with Gasteiger partial charge in [0.2, 0.25) is 0 Å². The highest BCUT2D eigenvalue weighted by molar-refractivity contribution is 6.34. The smallest absolute Gasteiger partial charge is 0.265 e. The van der Waals surface area contributed by atoms with E-state index in [0.29, 0.717) is 15.8 Å². The highest BCUT2D eigenvalue weighted by atomic mass is 35.5. The third-order valence-electron chi connectivity index (χ3n) is 3.57. The van der Waals surface area contributed by atoms with E-state index < -0.39 is 6.10 Å². The SMILES string of the molecule is C[C@H](Oc1cc(Cl)cc(Cl)c1)C(=O)Nc1cccc2ccccc12. The number of nitrogens with one attached hydrogen (secondary N) is 1. The summed E-state index contributed by atoms with van der Waals surface area (Å²) in [4.78, 5) is 12.4. The average molecular weight is 360 g/mol. The van der Waals surface area contributed by atoms with E-state index in [1.807, 2.05) is 42.5 Å². The van der Waals surface area contributed by atoms with E-state index in [4.69, 9.17) is 27.9 Å². The van der Waals surface area contributed by atoms with Gasteiger partial charge < -0.3 is 10.1 Å². The van der Waals surface area contributed by atoms with Gasteiger partial charge in [-0.25, -0.2) is 0 Å². The van der Waals surface area contributed by atoms with Crippen molar-refractivity contribution in [3.63, 3.8) is 0 Å². The van der Waals surface area contributed by atoms with Gasteiger partial charge in [0.1, 0.15) is 5.75 Å². The van der Waals surface area contributed by atoms with Crippen LogP contribution in [0.3, 0.4) is 0 Å². The van der Waals surface area contributed by atoms with Crippen molar-refractivity contribution in [1.29, 1.82) is 0 Å². The molecule has 1 N–H and O–H groups in total. The quantitative estimate of drug-likeness (QED) is 0.662. The summed E-state index contributed by atoms with van der Waals surface area (Å²) in [6.07, 6.45) is -0.696. The second-order valence-corrected chi connectivity index (χ2v) is 6.25. The number of rotatable bonds is 4. The molecule has 24 heavy (non-hydrogen) atoms. The standard InChI is InChI=1S/C19H15Cl2NO2/c1-12(24-16-10-14(20)9-15(21)11-16)19(23)22-18-8-4-6-13-5-2-3-7-17(13)18/h2-12H,1H3,(H,22,23)/t12-/m0/s1. The zero-order chi connectivity index (χ0) is 17.1. The molecule has 0 bridgehead atoms. The zero-order valence-corrected chi connectivity index (χ0v) is 14.4. The molecule has 0 aliphatic rings. The number of fused-ring (bicyclic) bond motifs is 1. The normalized spacial score (nSPS) is 12.0. The molecule has 3 aromatic rings. The molecule has 0 saturated heterocycles. The van der Waals surface area contributed by atoms with Crippen LogP contribution in [0.4, 0.5) is 5.69 Å². The molecule has 5 heteroatoms. The first-order valence-corrected chi connectivity index (χ1v) is 8.20. The molecular weight excluding hydrogens is 345 g/mol. The number of benzene rings is 3. The highest BCUT2D eigenvalue weighted by Crippen LogP contribution is 2.26. The Balaban J connectivity index is 1.76. The number of halogens is 2. The molecule has 0 radical (unpaired) electrons. The molecule has 1 amide bonds. The first-order valence-electron chi connectivity index (χ1n) is 7.44. The van der Waals surface area contributed by atoms with Gasteiger partial charge in [0, 0.05) is 21.1 Å². The molecular formula is C19H15Cl2NO2. The number of hydrogen-bond donors (Lipinski definition) is 1. The Kier molecular flexibility index (Phi) is 4.93. The molecule has 122 valence electrons. The molecule has 0 fully saturated rings. The Morgan fingerprint density at radius 3 is 2.42 bits per heavy atom. The van der Waals surface area contributed by atoms with Gasteiger partial charge in [0.25, 0.3) is 5.91 Å². The summed E-state index contributed by atoms with van der Waals surface area (Å²) in [5.74, 6) is 0.204. The van der Waals surface area contributed by atoms with E-state index in [2.05, 4.69) is 5.32 Å². The van der Waals surface area contributed by atoms with Crippen molar-refractivity contribution in [1.82, 2.24) is 0 Å². The van der Waals surface area contributed by atoms with Crippen LogP contribution < -0.4 is 10.1 Å². The minimum Gasteiger partial charge on any atom is -0.481 e. The molecule has 0 heterocycles.